The van der Waals surface area contributed by atoms with Crippen LogP contribution in [0.5, 0.6) is 0 Å². The lowest BCUT2D eigenvalue weighted by atomic mass is 10.3. The molecule has 2 amide bonds. The Morgan fingerprint density at radius 2 is 1.75 bits per heavy atom. The molecule has 0 bridgehead atoms. The molecule has 1 atom stereocenters. The van der Waals surface area contributed by atoms with E-state index >= 15 is 0 Å². The minimum Gasteiger partial charge on any atom is -0.335 e. The molecule has 0 aliphatic heterocycles. The molecule has 0 fully saturated rings. The number of thioether (sulfide) groups is 1. The first kappa shape index (κ1) is 18.4. The summed E-state index contributed by atoms with van der Waals surface area (Å²) >= 11 is 7.28. The van der Waals surface area contributed by atoms with Gasteiger partial charge in [0.15, 0.2) is 0 Å². The molecular formula is C18H19ClN2O2S. The van der Waals surface area contributed by atoms with Gasteiger partial charge >= 0.3 is 0 Å². The zero-order valence-corrected chi connectivity index (χ0v) is 15.1. The number of halogens is 1. The van der Waals surface area contributed by atoms with E-state index in [1.54, 1.807) is 31.3 Å². The fourth-order valence-electron chi connectivity index (χ4n) is 2.09. The molecule has 0 aliphatic carbocycles. The first-order valence-electron chi connectivity index (χ1n) is 7.48. The molecule has 6 heteroatoms. The maximum Gasteiger partial charge on any atom is 0.243 e. The molecule has 0 aliphatic rings. The van der Waals surface area contributed by atoms with Gasteiger partial charge in [-0.25, -0.2) is 0 Å². The topological polar surface area (TPSA) is 49.4 Å². The number of likely N-dealkylation sites (N-methyl/N-ethyl adjacent to an activating group) is 1. The summed E-state index contributed by atoms with van der Waals surface area (Å²) in [6.07, 6.45) is 0. The van der Waals surface area contributed by atoms with Crippen LogP contribution in [0.1, 0.15) is 6.92 Å². The Hall–Kier alpha value is -1.98. The van der Waals surface area contributed by atoms with Gasteiger partial charge in [0.05, 0.1) is 11.8 Å². The Labute approximate surface area is 151 Å². The van der Waals surface area contributed by atoms with E-state index in [1.165, 1.54) is 16.7 Å². The second kappa shape index (κ2) is 8.76. The quantitative estimate of drug-likeness (QED) is 0.792. The van der Waals surface area contributed by atoms with Gasteiger partial charge in [0.25, 0.3) is 0 Å². The first-order valence-corrected chi connectivity index (χ1v) is 8.73. The number of hydrogen-bond acceptors (Lipinski definition) is 3. The highest BCUT2D eigenvalue weighted by Gasteiger charge is 2.20. The summed E-state index contributed by atoms with van der Waals surface area (Å²) in [5, 5.41) is 3.09. The third kappa shape index (κ3) is 5.58. The number of nitrogens with one attached hydrogen (secondary N) is 1. The molecule has 24 heavy (non-hydrogen) atoms. The average Bonchev–Trinajstić information content (AvgIpc) is 2.57. The monoisotopic (exact) mass is 362 g/mol. The number of amides is 2. The fraction of sp³-hybridized carbons (Fsp3) is 0.222. The SMILES string of the molecule is CC(Sc1ccccc1)C(=O)N(C)CC(=O)Nc1ccc(Cl)cc1. The summed E-state index contributed by atoms with van der Waals surface area (Å²) in [5.74, 6) is -0.333. The summed E-state index contributed by atoms with van der Waals surface area (Å²) < 4.78 is 0. The third-order valence-corrected chi connectivity index (χ3v) is 4.64. The molecule has 0 radical (unpaired) electrons. The number of hydrogen-bond donors (Lipinski definition) is 1. The predicted octanol–water partition coefficient (Wildman–Crippen LogP) is 3.92. The molecule has 1 unspecified atom stereocenters. The zero-order valence-electron chi connectivity index (χ0n) is 13.5. The van der Waals surface area contributed by atoms with Gasteiger partial charge in [0, 0.05) is 22.7 Å². The van der Waals surface area contributed by atoms with E-state index in [2.05, 4.69) is 5.32 Å². The zero-order chi connectivity index (χ0) is 17.5. The molecule has 126 valence electrons. The minimum absolute atomic E-state index is 0.00114. The predicted molar refractivity (Wildman–Crippen MR) is 99.5 cm³/mol. The van der Waals surface area contributed by atoms with Crippen LogP contribution in [0.2, 0.25) is 5.02 Å². The van der Waals surface area contributed by atoms with Crippen molar-refractivity contribution < 1.29 is 9.59 Å². The van der Waals surface area contributed by atoms with E-state index in [-0.39, 0.29) is 23.6 Å². The summed E-state index contributed by atoms with van der Waals surface area (Å²) in [6.45, 7) is 1.84. The van der Waals surface area contributed by atoms with Crippen LogP contribution in [0, 0.1) is 0 Å². The summed E-state index contributed by atoms with van der Waals surface area (Å²) in [6, 6.07) is 16.6. The highest BCUT2D eigenvalue weighted by Crippen LogP contribution is 2.23. The Kier molecular flexibility index (Phi) is 6.70. The number of carbonyl (C=O) groups is 2. The molecule has 0 aromatic heterocycles. The van der Waals surface area contributed by atoms with E-state index in [4.69, 9.17) is 11.6 Å². The van der Waals surface area contributed by atoms with Gasteiger partial charge in [-0.15, -0.1) is 11.8 Å². The molecule has 2 aromatic carbocycles. The van der Waals surface area contributed by atoms with Crippen molar-refractivity contribution in [2.24, 2.45) is 0 Å². The number of benzene rings is 2. The second-order valence-corrected chi connectivity index (χ2v) is 7.17. The van der Waals surface area contributed by atoms with Crippen molar-refractivity contribution >= 4 is 40.9 Å². The van der Waals surface area contributed by atoms with E-state index in [9.17, 15) is 9.59 Å². The van der Waals surface area contributed by atoms with E-state index < -0.39 is 0 Å². The van der Waals surface area contributed by atoms with E-state index in [0.717, 1.165) is 4.90 Å². The van der Waals surface area contributed by atoms with Gasteiger partial charge in [-0.05, 0) is 43.3 Å². The lowest BCUT2D eigenvalue weighted by Gasteiger charge is -2.20. The molecule has 4 nitrogen and oxygen atoms in total. The first-order chi connectivity index (χ1) is 11.5. The van der Waals surface area contributed by atoms with Crippen molar-refractivity contribution in [1.82, 2.24) is 4.90 Å². The van der Waals surface area contributed by atoms with Crippen molar-refractivity contribution in [3.63, 3.8) is 0 Å². The van der Waals surface area contributed by atoms with Crippen LogP contribution in [0.4, 0.5) is 5.69 Å². The van der Waals surface area contributed by atoms with Crippen LogP contribution in [0.3, 0.4) is 0 Å². The van der Waals surface area contributed by atoms with E-state index in [1.807, 2.05) is 37.3 Å². The molecule has 2 rings (SSSR count). The lowest BCUT2D eigenvalue weighted by molar-refractivity contribution is -0.132. The Morgan fingerprint density at radius 3 is 2.38 bits per heavy atom. The number of anilines is 1. The summed E-state index contributed by atoms with van der Waals surface area (Å²) in [4.78, 5) is 26.9. The van der Waals surface area contributed by atoms with Crippen LogP contribution in [-0.4, -0.2) is 35.6 Å². The van der Waals surface area contributed by atoms with Gasteiger partial charge in [-0.1, -0.05) is 29.8 Å². The number of rotatable bonds is 6. The van der Waals surface area contributed by atoms with Crippen molar-refractivity contribution in [1.29, 1.82) is 0 Å². The molecule has 0 saturated carbocycles. The molecule has 0 spiro atoms. The van der Waals surface area contributed by atoms with Gasteiger partial charge in [-0.2, -0.15) is 0 Å². The van der Waals surface area contributed by atoms with Crippen molar-refractivity contribution in [2.75, 3.05) is 18.9 Å². The second-order valence-electron chi connectivity index (χ2n) is 5.32. The molecule has 2 aromatic rings. The maximum atomic E-state index is 12.4. The highest BCUT2D eigenvalue weighted by atomic mass is 35.5. The van der Waals surface area contributed by atoms with Crippen LogP contribution in [-0.2, 0) is 9.59 Å². The highest BCUT2D eigenvalue weighted by molar-refractivity contribution is 8.00. The molecular weight excluding hydrogens is 344 g/mol. The van der Waals surface area contributed by atoms with Gasteiger partial charge in [0.2, 0.25) is 11.8 Å². The van der Waals surface area contributed by atoms with Crippen LogP contribution in [0.15, 0.2) is 59.5 Å². The number of nitrogens with zero attached hydrogens (tertiary/aromatic N) is 1. The molecule has 0 saturated heterocycles. The largest absolute Gasteiger partial charge is 0.335 e. The van der Waals surface area contributed by atoms with Crippen molar-refractivity contribution in [3.05, 3.63) is 59.6 Å². The lowest BCUT2D eigenvalue weighted by Crippen LogP contribution is -2.38. The Morgan fingerprint density at radius 1 is 1.12 bits per heavy atom. The number of carbonyl (C=O) groups excluding carboxylic acids is 2. The Bertz CT molecular complexity index is 692. The van der Waals surface area contributed by atoms with Crippen molar-refractivity contribution in [2.45, 2.75) is 17.1 Å². The smallest absolute Gasteiger partial charge is 0.243 e. The minimum atomic E-state index is -0.263. The standard InChI is InChI=1S/C18H19ClN2O2S/c1-13(24-16-6-4-3-5-7-16)18(23)21(2)12-17(22)20-15-10-8-14(19)9-11-15/h3-11,13H,12H2,1-2H3,(H,20,22). The molecule has 0 heterocycles. The Balaban J connectivity index is 1.86. The van der Waals surface area contributed by atoms with Gasteiger partial charge < -0.3 is 10.2 Å². The van der Waals surface area contributed by atoms with Gasteiger partial charge in [0.1, 0.15) is 0 Å². The molecule has 1 N–H and O–H groups in total. The average molecular weight is 363 g/mol. The van der Waals surface area contributed by atoms with Crippen molar-refractivity contribution in [3.8, 4) is 0 Å². The summed E-state index contributed by atoms with van der Waals surface area (Å²) in [7, 11) is 1.63. The summed E-state index contributed by atoms with van der Waals surface area (Å²) in [5.41, 5.74) is 0.650. The van der Waals surface area contributed by atoms with Gasteiger partial charge in [-0.3, -0.25) is 9.59 Å². The van der Waals surface area contributed by atoms with Crippen LogP contribution >= 0.6 is 23.4 Å². The maximum absolute atomic E-state index is 12.4. The third-order valence-electron chi connectivity index (χ3n) is 3.29. The van der Waals surface area contributed by atoms with Crippen LogP contribution < -0.4 is 5.32 Å². The van der Waals surface area contributed by atoms with Crippen LogP contribution in [0.25, 0.3) is 0 Å². The normalized spacial score (nSPS) is 11.6. The fourth-order valence-corrected chi connectivity index (χ4v) is 3.22. The van der Waals surface area contributed by atoms with E-state index in [0.29, 0.717) is 10.7 Å².